The molecule has 0 spiro atoms. The second-order valence-electron chi connectivity index (χ2n) is 9.01. The van der Waals surface area contributed by atoms with Crippen molar-refractivity contribution in [2.24, 2.45) is 0 Å². The lowest BCUT2D eigenvalue weighted by Gasteiger charge is -2.27. The summed E-state index contributed by atoms with van der Waals surface area (Å²) in [6, 6.07) is 4.03. The molecule has 9 nitrogen and oxygen atoms in total. The number of ketones is 1. The molecule has 1 amide bonds. The van der Waals surface area contributed by atoms with Crippen LogP contribution in [0.3, 0.4) is 0 Å². The van der Waals surface area contributed by atoms with Crippen LogP contribution >= 0.6 is 11.6 Å². The van der Waals surface area contributed by atoms with Crippen molar-refractivity contribution in [2.75, 3.05) is 34.4 Å². The Balaban J connectivity index is 2.07. The first kappa shape index (κ1) is 30.4. The lowest BCUT2D eigenvalue weighted by molar-refractivity contribution is -0.115. The van der Waals surface area contributed by atoms with E-state index in [2.05, 4.69) is 4.98 Å². The summed E-state index contributed by atoms with van der Waals surface area (Å²) in [5, 5.41) is 11.4. The monoisotopic (exact) mass is 567 g/mol. The molecule has 0 unspecified atom stereocenters. The van der Waals surface area contributed by atoms with Gasteiger partial charge in [-0.05, 0) is 31.0 Å². The smallest absolute Gasteiger partial charge is 0.409 e. The Hall–Kier alpha value is -3.12. The minimum absolute atomic E-state index is 0.0292. The van der Waals surface area contributed by atoms with E-state index in [9.17, 15) is 14.7 Å². The number of aliphatic hydroxyl groups excluding tert-OH is 1. The Kier molecular flexibility index (Phi) is 10.4. The number of halogens is 3. The predicted octanol–water partition coefficient (Wildman–Crippen LogP) is 4.81. The predicted molar refractivity (Wildman–Crippen MR) is 141 cm³/mol. The third-order valence-electron chi connectivity index (χ3n) is 6.34. The molecule has 0 fully saturated rings. The fourth-order valence-corrected chi connectivity index (χ4v) is 4.55. The quantitative estimate of drug-likeness (QED) is 0.247. The zero-order valence-electron chi connectivity index (χ0n) is 22.5. The van der Waals surface area contributed by atoms with Gasteiger partial charge in [-0.25, -0.2) is 18.6 Å². The van der Waals surface area contributed by atoms with Gasteiger partial charge in [0.15, 0.2) is 12.1 Å². The maximum absolute atomic E-state index is 15.5. The summed E-state index contributed by atoms with van der Waals surface area (Å²) in [5.41, 5.74) is 0.237. The van der Waals surface area contributed by atoms with E-state index in [0.717, 1.165) is 6.07 Å². The summed E-state index contributed by atoms with van der Waals surface area (Å²) in [6.07, 6.45) is -0.577. The van der Waals surface area contributed by atoms with Crippen LogP contribution in [0.5, 0.6) is 0 Å². The molecule has 12 heteroatoms. The molecule has 3 aromatic rings. The molecule has 2 aromatic heterocycles. The van der Waals surface area contributed by atoms with Gasteiger partial charge in [-0.1, -0.05) is 18.5 Å². The SMILES string of the molecule is CCCC(=O)c1cc(F)c(-c2nc3cc(Cl)ccn3c2C[C@H](O)CN(CC(OC)OC)C(=O)OC)c(C)c1F. The Labute approximate surface area is 230 Å². The fourth-order valence-electron chi connectivity index (χ4n) is 4.39. The number of benzene rings is 1. The van der Waals surface area contributed by atoms with Crippen LogP contribution in [0.4, 0.5) is 13.6 Å². The molecule has 3 rings (SSSR count). The molecular formula is C27H32ClF2N3O6. The Morgan fingerprint density at radius 3 is 2.49 bits per heavy atom. The first-order valence-electron chi connectivity index (χ1n) is 12.3. The number of hydrogen-bond acceptors (Lipinski definition) is 7. The van der Waals surface area contributed by atoms with E-state index < -0.39 is 35.9 Å². The molecule has 0 aliphatic rings. The molecule has 1 aromatic carbocycles. The van der Waals surface area contributed by atoms with Crippen LogP contribution in [0.2, 0.25) is 5.02 Å². The molecule has 0 saturated carbocycles. The molecule has 0 aliphatic heterocycles. The second-order valence-corrected chi connectivity index (χ2v) is 9.44. The van der Waals surface area contributed by atoms with Crippen molar-refractivity contribution < 1.29 is 37.7 Å². The van der Waals surface area contributed by atoms with Gasteiger partial charge in [0.05, 0.1) is 43.3 Å². The lowest BCUT2D eigenvalue weighted by atomic mass is 9.95. The van der Waals surface area contributed by atoms with Crippen molar-refractivity contribution in [3.63, 3.8) is 0 Å². The highest BCUT2D eigenvalue weighted by Crippen LogP contribution is 2.34. The summed E-state index contributed by atoms with van der Waals surface area (Å²) in [6.45, 7) is 2.94. The summed E-state index contributed by atoms with van der Waals surface area (Å²) < 4.78 is 47.6. The summed E-state index contributed by atoms with van der Waals surface area (Å²) in [5.74, 6) is -2.14. The number of nitrogens with zero attached hydrogens (tertiary/aromatic N) is 3. The summed E-state index contributed by atoms with van der Waals surface area (Å²) >= 11 is 6.14. The maximum atomic E-state index is 15.5. The molecule has 0 saturated heterocycles. The third-order valence-corrected chi connectivity index (χ3v) is 6.58. The largest absolute Gasteiger partial charge is 0.453 e. The van der Waals surface area contributed by atoms with Crippen LogP contribution < -0.4 is 0 Å². The van der Waals surface area contributed by atoms with Crippen molar-refractivity contribution in [3.8, 4) is 11.3 Å². The number of Topliss-reactive ketones (excluding diaryl/α,β-unsaturated/α-hetero) is 1. The number of amides is 1. The highest BCUT2D eigenvalue weighted by atomic mass is 35.5. The van der Waals surface area contributed by atoms with Crippen molar-refractivity contribution in [1.29, 1.82) is 0 Å². The highest BCUT2D eigenvalue weighted by molar-refractivity contribution is 6.30. The van der Waals surface area contributed by atoms with Gasteiger partial charge in [0.2, 0.25) is 0 Å². The van der Waals surface area contributed by atoms with Crippen LogP contribution in [-0.2, 0) is 20.6 Å². The zero-order valence-corrected chi connectivity index (χ0v) is 23.2. The van der Waals surface area contributed by atoms with Crippen molar-refractivity contribution in [2.45, 2.75) is 45.5 Å². The molecule has 2 heterocycles. The molecule has 0 aliphatic carbocycles. The van der Waals surface area contributed by atoms with Gasteiger partial charge >= 0.3 is 6.09 Å². The van der Waals surface area contributed by atoms with E-state index in [1.165, 1.54) is 33.2 Å². The van der Waals surface area contributed by atoms with Gasteiger partial charge in [0.1, 0.15) is 17.3 Å². The van der Waals surface area contributed by atoms with Gasteiger partial charge in [-0.3, -0.25) is 4.79 Å². The maximum Gasteiger partial charge on any atom is 0.409 e. The number of hydrogen-bond donors (Lipinski definition) is 1. The zero-order chi connectivity index (χ0) is 28.9. The molecule has 0 bridgehead atoms. The van der Waals surface area contributed by atoms with E-state index in [4.69, 9.17) is 25.8 Å². The molecule has 1 N–H and O–H groups in total. The lowest BCUT2D eigenvalue weighted by Crippen LogP contribution is -2.43. The van der Waals surface area contributed by atoms with Crippen LogP contribution in [-0.4, -0.2) is 78.1 Å². The first-order valence-corrected chi connectivity index (χ1v) is 12.7. The van der Waals surface area contributed by atoms with Gasteiger partial charge in [0.25, 0.3) is 0 Å². The Morgan fingerprint density at radius 1 is 1.18 bits per heavy atom. The number of aliphatic hydroxyl groups is 1. The second kappa shape index (κ2) is 13.3. The van der Waals surface area contributed by atoms with E-state index >= 15 is 8.78 Å². The van der Waals surface area contributed by atoms with Gasteiger partial charge in [0, 0.05) is 49.9 Å². The van der Waals surface area contributed by atoms with Gasteiger partial charge < -0.3 is 28.6 Å². The van der Waals surface area contributed by atoms with E-state index in [-0.39, 0.29) is 48.3 Å². The topological polar surface area (TPSA) is 103 Å². The normalized spacial score (nSPS) is 12.3. The van der Waals surface area contributed by atoms with Crippen LogP contribution in [0.1, 0.15) is 41.4 Å². The van der Waals surface area contributed by atoms with Crippen molar-refractivity contribution >= 4 is 29.1 Å². The molecule has 39 heavy (non-hydrogen) atoms. The first-order chi connectivity index (χ1) is 18.6. The molecule has 212 valence electrons. The summed E-state index contributed by atoms with van der Waals surface area (Å²) in [4.78, 5) is 30.4. The number of pyridine rings is 1. The highest BCUT2D eigenvalue weighted by Gasteiger charge is 2.28. The average molecular weight is 568 g/mol. The van der Waals surface area contributed by atoms with E-state index in [0.29, 0.717) is 22.8 Å². The van der Waals surface area contributed by atoms with Crippen LogP contribution in [0, 0.1) is 18.6 Å². The van der Waals surface area contributed by atoms with E-state index in [1.54, 1.807) is 29.7 Å². The third kappa shape index (κ3) is 6.73. The Morgan fingerprint density at radius 2 is 1.87 bits per heavy atom. The van der Waals surface area contributed by atoms with E-state index in [1.807, 2.05) is 0 Å². The minimum atomic E-state index is -1.17. The molecule has 1 atom stereocenters. The number of methoxy groups -OCH3 is 3. The Bertz CT molecular complexity index is 1350. The minimum Gasteiger partial charge on any atom is -0.453 e. The number of imidazole rings is 1. The number of aromatic nitrogens is 2. The van der Waals surface area contributed by atoms with Crippen molar-refractivity contribution in [1.82, 2.24) is 14.3 Å². The van der Waals surface area contributed by atoms with Gasteiger partial charge in [-0.15, -0.1) is 0 Å². The number of carbonyl (C=O) groups is 2. The van der Waals surface area contributed by atoms with Crippen LogP contribution in [0.25, 0.3) is 16.9 Å². The average Bonchev–Trinajstić information content (AvgIpc) is 3.24. The molecular weight excluding hydrogens is 536 g/mol. The standard InChI is InChI=1S/C27H32ClF2N3O6/c1-6-7-21(35)18-12-19(29)24(15(2)25(18)30)26-20(33-9-8-16(28)10-22(33)31-26)11-17(34)13-32(27(36)39-5)14-23(37-3)38-4/h8-10,12,17,23,34H,6-7,11,13-14H2,1-5H3/t17-/m0/s1. The number of fused-ring (bicyclic) bond motifs is 1. The van der Waals surface area contributed by atoms with Crippen LogP contribution in [0.15, 0.2) is 24.4 Å². The number of rotatable bonds is 12. The molecule has 0 radical (unpaired) electrons. The fraction of sp³-hybridized carbons (Fsp3) is 0.444. The van der Waals surface area contributed by atoms with Gasteiger partial charge in [-0.2, -0.15) is 0 Å². The van der Waals surface area contributed by atoms with Crippen molar-refractivity contribution in [3.05, 3.63) is 57.9 Å². The number of carbonyl (C=O) groups excluding carboxylic acids is 2. The number of ether oxygens (including phenoxy) is 3. The summed E-state index contributed by atoms with van der Waals surface area (Å²) in [7, 11) is 4.03.